The number of aryl methyl sites for hydroxylation is 2. The van der Waals surface area contributed by atoms with Gasteiger partial charge in [0.05, 0.1) is 13.2 Å². The van der Waals surface area contributed by atoms with Gasteiger partial charge in [-0.15, -0.1) is 10.2 Å². The quantitative estimate of drug-likeness (QED) is 0.642. The second-order valence-corrected chi connectivity index (χ2v) is 9.08. The largest absolute Gasteiger partial charge is 0.496 e. The highest BCUT2D eigenvalue weighted by atomic mass is 16.5. The van der Waals surface area contributed by atoms with Crippen LogP contribution in [-0.4, -0.2) is 59.5 Å². The Morgan fingerprint density at radius 3 is 2.59 bits per heavy atom. The van der Waals surface area contributed by atoms with Gasteiger partial charge in [0.1, 0.15) is 18.2 Å². The minimum Gasteiger partial charge on any atom is -0.496 e. The van der Waals surface area contributed by atoms with Crippen LogP contribution >= 0.6 is 0 Å². The Balaban J connectivity index is 1.74. The van der Waals surface area contributed by atoms with Crippen LogP contribution in [0.1, 0.15) is 54.6 Å². The third kappa shape index (κ3) is 5.86. The summed E-state index contributed by atoms with van der Waals surface area (Å²) in [7, 11) is 3.24. The van der Waals surface area contributed by atoms with Crippen molar-refractivity contribution in [2.75, 3.05) is 33.9 Å². The number of nitrogens with zero attached hydrogens (tertiary/aromatic N) is 4. The van der Waals surface area contributed by atoms with Crippen molar-refractivity contribution in [1.82, 2.24) is 25.0 Å². The van der Waals surface area contributed by atoms with E-state index in [0.29, 0.717) is 5.92 Å². The van der Waals surface area contributed by atoms with Crippen LogP contribution in [0.15, 0.2) is 12.1 Å². The second-order valence-electron chi connectivity index (χ2n) is 9.08. The van der Waals surface area contributed by atoms with Crippen molar-refractivity contribution in [3.8, 4) is 5.75 Å². The highest BCUT2D eigenvalue weighted by Gasteiger charge is 2.26. The van der Waals surface area contributed by atoms with E-state index in [1.54, 1.807) is 7.11 Å². The summed E-state index contributed by atoms with van der Waals surface area (Å²) in [6.07, 6.45) is 1.64. The fraction of sp³-hybridized carbons (Fsp3) is 0.625. The highest BCUT2D eigenvalue weighted by molar-refractivity contribution is 5.77. The maximum absolute atomic E-state index is 12.2. The van der Waals surface area contributed by atoms with E-state index in [9.17, 15) is 4.79 Å². The number of aromatic nitrogens is 3. The zero-order chi connectivity index (χ0) is 23.3. The van der Waals surface area contributed by atoms with E-state index < -0.39 is 0 Å². The standard InChI is InChI=1S/C24H37N5O3/c1-16(2)11-20(25-23(30)15-31-5)24-27-26-22-7-8-28(9-10-29(22)24)14-19-12-18(4)21(32-6)13-17(19)3/h12-13,16,20H,7-11,14-15H2,1-6H3,(H,25,30)/t20-/m0/s1. The maximum atomic E-state index is 12.2. The fourth-order valence-corrected chi connectivity index (χ4v) is 4.35. The van der Waals surface area contributed by atoms with Crippen LogP contribution < -0.4 is 10.1 Å². The molecular formula is C24H37N5O3. The van der Waals surface area contributed by atoms with Gasteiger partial charge in [-0.05, 0) is 48.9 Å². The first-order valence-electron chi connectivity index (χ1n) is 11.4. The van der Waals surface area contributed by atoms with Crippen LogP contribution in [0.5, 0.6) is 5.75 Å². The van der Waals surface area contributed by atoms with Crippen LogP contribution in [-0.2, 0) is 29.0 Å². The van der Waals surface area contributed by atoms with Gasteiger partial charge in [-0.1, -0.05) is 19.9 Å². The van der Waals surface area contributed by atoms with E-state index in [2.05, 4.69) is 64.8 Å². The monoisotopic (exact) mass is 443 g/mol. The molecule has 0 bridgehead atoms. The average Bonchev–Trinajstić information content (AvgIpc) is 3.04. The molecule has 0 unspecified atom stereocenters. The van der Waals surface area contributed by atoms with Crippen molar-refractivity contribution in [2.24, 2.45) is 5.92 Å². The summed E-state index contributed by atoms with van der Waals surface area (Å²) in [5.74, 6) is 3.05. The van der Waals surface area contributed by atoms with Crippen molar-refractivity contribution in [3.63, 3.8) is 0 Å². The lowest BCUT2D eigenvalue weighted by Gasteiger charge is -2.23. The molecule has 0 radical (unpaired) electrons. The summed E-state index contributed by atoms with van der Waals surface area (Å²) >= 11 is 0. The molecule has 1 aromatic carbocycles. The Hall–Kier alpha value is -2.45. The van der Waals surface area contributed by atoms with Gasteiger partial charge in [0.2, 0.25) is 5.91 Å². The third-order valence-corrected chi connectivity index (χ3v) is 6.02. The second kappa shape index (κ2) is 10.9. The van der Waals surface area contributed by atoms with Crippen LogP contribution in [0.3, 0.4) is 0 Å². The van der Waals surface area contributed by atoms with E-state index in [-0.39, 0.29) is 18.6 Å². The highest BCUT2D eigenvalue weighted by Crippen LogP contribution is 2.25. The zero-order valence-electron chi connectivity index (χ0n) is 20.3. The summed E-state index contributed by atoms with van der Waals surface area (Å²) in [5.41, 5.74) is 3.73. The molecule has 1 N–H and O–H groups in total. The summed E-state index contributed by atoms with van der Waals surface area (Å²) in [6.45, 7) is 12.1. The van der Waals surface area contributed by atoms with Gasteiger partial charge in [-0.25, -0.2) is 0 Å². The maximum Gasteiger partial charge on any atom is 0.246 e. The molecule has 176 valence electrons. The van der Waals surface area contributed by atoms with Gasteiger partial charge < -0.3 is 19.4 Å². The number of benzene rings is 1. The Kier molecular flexibility index (Phi) is 8.26. The molecule has 3 rings (SSSR count). The Bertz CT molecular complexity index is 925. The van der Waals surface area contributed by atoms with Gasteiger partial charge in [0.25, 0.3) is 0 Å². The Morgan fingerprint density at radius 2 is 1.91 bits per heavy atom. The molecule has 8 nitrogen and oxygen atoms in total. The number of hydrogen-bond donors (Lipinski definition) is 1. The SMILES string of the molecule is COCC(=O)N[C@@H](CC(C)C)c1nnc2n1CCN(Cc1cc(C)c(OC)cc1C)CC2. The van der Waals surface area contributed by atoms with Gasteiger partial charge in [-0.2, -0.15) is 0 Å². The molecule has 0 saturated heterocycles. The number of nitrogens with one attached hydrogen (secondary N) is 1. The lowest BCUT2D eigenvalue weighted by atomic mass is 10.0. The first kappa shape index (κ1) is 24.2. The first-order chi connectivity index (χ1) is 15.3. The van der Waals surface area contributed by atoms with E-state index in [0.717, 1.165) is 62.0 Å². The summed E-state index contributed by atoms with van der Waals surface area (Å²) in [5, 5.41) is 12.1. The summed E-state index contributed by atoms with van der Waals surface area (Å²) in [4.78, 5) is 14.7. The fourth-order valence-electron chi connectivity index (χ4n) is 4.35. The van der Waals surface area contributed by atoms with Gasteiger partial charge >= 0.3 is 0 Å². The smallest absolute Gasteiger partial charge is 0.246 e. The molecule has 0 spiro atoms. The van der Waals surface area contributed by atoms with E-state index in [4.69, 9.17) is 9.47 Å². The molecule has 0 saturated carbocycles. The van der Waals surface area contributed by atoms with E-state index >= 15 is 0 Å². The number of rotatable bonds is 9. The molecule has 1 aliphatic rings. The summed E-state index contributed by atoms with van der Waals surface area (Å²) < 4.78 is 12.7. The van der Waals surface area contributed by atoms with Crippen LogP contribution in [0.25, 0.3) is 0 Å². The molecule has 0 fully saturated rings. The lowest BCUT2D eigenvalue weighted by molar-refractivity contribution is -0.125. The number of amides is 1. The van der Waals surface area contributed by atoms with Crippen LogP contribution in [0.2, 0.25) is 0 Å². The number of methoxy groups -OCH3 is 2. The van der Waals surface area contributed by atoms with Crippen LogP contribution in [0, 0.1) is 19.8 Å². The number of ether oxygens (including phenoxy) is 2. The average molecular weight is 444 g/mol. The van der Waals surface area contributed by atoms with Crippen molar-refractivity contribution < 1.29 is 14.3 Å². The number of carbonyl (C=O) groups excluding carboxylic acids is 1. The number of hydrogen-bond acceptors (Lipinski definition) is 6. The van der Waals surface area contributed by atoms with Gasteiger partial charge in [0.15, 0.2) is 5.82 Å². The van der Waals surface area contributed by atoms with Crippen molar-refractivity contribution in [3.05, 3.63) is 40.5 Å². The molecular weight excluding hydrogens is 406 g/mol. The van der Waals surface area contributed by atoms with E-state index in [1.807, 2.05) is 0 Å². The van der Waals surface area contributed by atoms with Crippen molar-refractivity contribution in [1.29, 1.82) is 0 Å². The molecule has 2 aromatic rings. The predicted molar refractivity (Wildman–Crippen MR) is 124 cm³/mol. The molecule has 1 atom stereocenters. The van der Waals surface area contributed by atoms with Crippen molar-refractivity contribution >= 4 is 5.91 Å². The van der Waals surface area contributed by atoms with Gasteiger partial charge in [-0.3, -0.25) is 9.69 Å². The summed E-state index contributed by atoms with van der Waals surface area (Å²) in [6, 6.07) is 4.18. The van der Waals surface area contributed by atoms with Crippen molar-refractivity contribution in [2.45, 2.75) is 59.7 Å². The predicted octanol–water partition coefficient (Wildman–Crippen LogP) is 2.81. The minimum absolute atomic E-state index is 0.0456. The van der Waals surface area contributed by atoms with E-state index in [1.165, 1.54) is 18.2 Å². The van der Waals surface area contributed by atoms with Gasteiger partial charge in [0, 0.05) is 39.7 Å². The lowest BCUT2D eigenvalue weighted by Crippen LogP contribution is -2.34. The number of carbonyl (C=O) groups is 1. The number of fused-ring (bicyclic) bond motifs is 1. The normalized spacial score (nSPS) is 15.3. The first-order valence-corrected chi connectivity index (χ1v) is 11.4. The molecule has 1 aliphatic heterocycles. The molecule has 1 aromatic heterocycles. The zero-order valence-corrected chi connectivity index (χ0v) is 20.3. The Labute approximate surface area is 191 Å². The third-order valence-electron chi connectivity index (χ3n) is 6.02. The molecule has 2 heterocycles. The Morgan fingerprint density at radius 1 is 1.12 bits per heavy atom. The molecule has 1 amide bonds. The minimum atomic E-state index is -0.170. The van der Waals surface area contributed by atoms with Crippen LogP contribution in [0.4, 0.5) is 0 Å². The topological polar surface area (TPSA) is 81.5 Å². The molecule has 8 heteroatoms. The molecule has 32 heavy (non-hydrogen) atoms. The molecule has 0 aliphatic carbocycles.